The molecule has 22 heavy (non-hydrogen) atoms. The Labute approximate surface area is 130 Å². The summed E-state index contributed by atoms with van der Waals surface area (Å²) in [5.41, 5.74) is 1.96. The smallest absolute Gasteiger partial charge is 0.246 e. The monoisotopic (exact) mass is 306 g/mol. The standard InChI is InChI=1S/C16H23FN4O/c1-20-9-12(7-19-20)10-21-11-14(17)6-15(21)8-18-16(22)13-4-2-3-5-13/h4,7,9,14-15H,2-3,5-6,8,10-11H2,1H3,(H,18,22)/t14-,15-/m0/s1. The van der Waals surface area contributed by atoms with Gasteiger partial charge in [0.15, 0.2) is 0 Å². The molecule has 5 nitrogen and oxygen atoms in total. The van der Waals surface area contributed by atoms with Gasteiger partial charge >= 0.3 is 0 Å². The molecule has 0 saturated carbocycles. The van der Waals surface area contributed by atoms with Gasteiger partial charge in [-0.05, 0) is 25.7 Å². The van der Waals surface area contributed by atoms with Crippen molar-refractivity contribution in [3.8, 4) is 0 Å². The summed E-state index contributed by atoms with van der Waals surface area (Å²) in [5.74, 6) is 0.0149. The predicted molar refractivity (Wildman–Crippen MR) is 81.9 cm³/mol. The fourth-order valence-corrected chi connectivity index (χ4v) is 3.32. The summed E-state index contributed by atoms with van der Waals surface area (Å²) in [5, 5.41) is 7.12. The summed E-state index contributed by atoms with van der Waals surface area (Å²) in [6.45, 7) is 1.62. The highest BCUT2D eigenvalue weighted by Crippen LogP contribution is 2.23. The predicted octanol–water partition coefficient (Wildman–Crippen LogP) is 1.56. The molecule has 1 aliphatic carbocycles. The highest BCUT2D eigenvalue weighted by atomic mass is 19.1. The van der Waals surface area contributed by atoms with Crippen molar-refractivity contribution in [2.75, 3.05) is 13.1 Å². The molecule has 0 radical (unpaired) electrons. The molecule has 1 aromatic rings. The van der Waals surface area contributed by atoms with Crippen molar-refractivity contribution < 1.29 is 9.18 Å². The Hall–Kier alpha value is -1.69. The van der Waals surface area contributed by atoms with Gasteiger partial charge in [-0.15, -0.1) is 0 Å². The van der Waals surface area contributed by atoms with Gasteiger partial charge in [-0.2, -0.15) is 5.10 Å². The summed E-state index contributed by atoms with van der Waals surface area (Å²) in [4.78, 5) is 14.1. The minimum atomic E-state index is -0.815. The van der Waals surface area contributed by atoms with E-state index < -0.39 is 6.17 Å². The van der Waals surface area contributed by atoms with E-state index in [2.05, 4.69) is 15.3 Å². The first-order chi connectivity index (χ1) is 10.6. The molecule has 2 atom stereocenters. The van der Waals surface area contributed by atoms with Crippen LogP contribution in [-0.2, 0) is 18.4 Å². The van der Waals surface area contributed by atoms with Crippen LogP contribution in [0.5, 0.6) is 0 Å². The van der Waals surface area contributed by atoms with E-state index in [4.69, 9.17) is 0 Å². The first-order valence-electron chi connectivity index (χ1n) is 7.94. The third-order valence-corrected chi connectivity index (χ3v) is 4.45. The van der Waals surface area contributed by atoms with Crippen LogP contribution in [0.15, 0.2) is 24.0 Å². The number of allylic oxidation sites excluding steroid dienone is 1. The molecule has 3 rings (SSSR count). The quantitative estimate of drug-likeness (QED) is 0.898. The second-order valence-electron chi connectivity index (χ2n) is 6.27. The second kappa shape index (κ2) is 6.60. The fourth-order valence-electron chi connectivity index (χ4n) is 3.32. The Kier molecular flexibility index (Phi) is 4.57. The molecule has 120 valence electrons. The van der Waals surface area contributed by atoms with Gasteiger partial charge in [0.05, 0.1) is 6.20 Å². The summed E-state index contributed by atoms with van der Waals surface area (Å²) >= 11 is 0. The largest absolute Gasteiger partial charge is 0.351 e. The summed E-state index contributed by atoms with van der Waals surface area (Å²) in [6.07, 6.45) is 8.35. The number of nitrogens with zero attached hydrogens (tertiary/aromatic N) is 3. The van der Waals surface area contributed by atoms with Crippen LogP contribution < -0.4 is 5.32 Å². The van der Waals surface area contributed by atoms with Crippen LogP contribution in [-0.4, -0.2) is 45.9 Å². The number of amides is 1. The van der Waals surface area contributed by atoms with Gasteiger partial charge < -0.3 is 5.32 Å². The number of carbonyl (C=O) groups is 1. The Balaban J connectivity index is 1.55. The zero-order valence-corrected chi connectivity index (χ0v) is 13.0. The van der Waals surface area contributed by atoms with Crippen LogP contribution in [0.3, 0.4) is 0 Å². The van der Waals surface area contributed by atoms with E-state index in [0.717, 1.165) is 30.4 Å². The van der Waals surface area contributed by atoms with Crippen molar-refractivity contribution in [2.24, 2.45) is 7.05 Å². The molecular formula is C16H23FN4O. The normalized spacial score (nSPS) is 25.5. The van der Waals surface area contributed by atoms with Crippen molar-refractivity contribution >= 4 is 5.91 Å². The highest BCUT2D eigenvalue weighted by Gasteiger charge is 2.32. The number of rotatable bonds is 5. The average molecular weight is 306 g/mol. The van der Waals surface area contributed by atoms with Crippen LogP contribution in [0.1, 0.15) is 31.2 Å². The maximum Gasteiger partial charge on any atom is 0.246 e. The molecule has 1 saturated heterocycles. The van der Waals surface area contributed by atoms with Crippen LogP contribution in [0.4, 0.5) is 4.39 Å². The molecule has 0 aromatic carbocycles. The fraction of sp³-hybridized carbons (Fsp3) is 0.625. The Bertz CT molecular complexity index is 568. The molecule has 0 spiro atoms. The number of aryl methyl sites for hydroxylation is 1. The van der Waals surface area contributed by atoms with Crippen LogP contribution in [0.25, 0.3) is 0 Å². The first-order valence-corrected chi connectivity index (χ1v) is 7.94. The molecule has 1 aromatic heterocycles. The van der Waals surface area contributed by atoms with Crippen molar-refractivity contribution in [3.05, 3.63) is 29.6 Å². The number of carbonyl (C=O) groups excluding carboxylic acids is 1. The number of nitrogens with one attached hydrogen (secondary N) is 1. The molecule has 1 fully saturated rings. The molecule has 1 N–H and O–H groups in total. The lowest BCUT2D eigenvalue weighted by Gasteiger charge is -2.23. The van der Waals surface area contributed by atoms with E-state index in [1.165, 1.54) is 0 Å². The van der Waals surface area contributed by atoms with Gasteiger partial charge in [-0.1, -0.05) is 6.08 Å². The van der Waals surface area contributed by atoms with Crippen LogP contribution >= 0.6 is 0 Å². The minimum Gasteiger partial charge on any atom is -0.351 e. The first kappa shape index (κ1) is 15.2. The molecule has 2 heterocycles. The van der Waals surface area contributed by atoms with E-state index >= 15 is 0 Å². The summed E-state index contributed by atoms with van der Waals surface area (Å²) in [6, 6.07) is 0.0566. The SMILES string of the molecule is Cn1cc(CN2C[C@@H](F)C[C@H]2CNC(=O)C2=CCCC2)cn1. The lowest BCUT2D eigenvalue weighted by Crippen LogP contribution is -2.40. The van der Waals surface area contributed by atoms with Crippen molar-refractivity contribution in [1.82, 2.24) is 20.0 Å². The van der Waals surface area contributed by atoms with Crippen LogP contribution in [0, 0.1) is 0 Å². The van der Waals surface area contributed by atoms with Crippen molar-refractivity contribution in [2.45, 2.75) is 44.4 Å². The maximum atomic E-state index is 13.8. The summed E-state index contributed by atoms with van der Waals surface area (Å²) in [7, 11) is 1.87. The topological polar surface area (TPSA) is 50.2 Å². The van der Waals surface area contributed by atoms with E-state index in [9.17, 15) is 9.18 Å². The maximum absolute atomic E-state index is 13.8. The lowest BCUT2D eigenvalue weighted by molar-refractivity contribution is -0.117. The molecule has 0 unspecified atom stereocenters. The van der Waals surface area contributed by atoms with Gasteiger partial charge in [0.1, 0.15) is 6.17 Å². The Morgan fingerprint density at radius 3 is 3.09 bits per heavy atom. The third-order valence-electron chi connectivity index (χ3n) is 4.45. The second-order valence-corrected chi connectivity index (χ2v) is 6.27. The molecule has 2 aliphatic rings. The van der Waals surface area contributed by atoms with Gasteiger partial charge in [-0.3, -0.25) is 14.4 Å². The van der Waals surface area contributed by atoms with E-state index in [1.54, 1.807) is 4.68 Å². The number of aromatic nitrogens is 2. The van der Waals surface area contributed by atoms with E-state index in [-0.39, 0.29) is 11.9 Å². The Morgan fingerprint density at radius 2 is 2.41 bits per heavy atom. The minimum absolute atomic E-state index is 0.0149. The molecule has 1 aliphatic heterocycles. The summed E-state index contributed by atoms with van der Waals surface area (Å²) < 4.78 is 15.5. The van der Waals surface area contributed by atoms with Gasteiger partial charge in [0, 0.05) is 50.1 Å². The zero-order chi connectivity index (χ0) is 15.5. The van der Waals surface area contributed by atoms with Gasteiger partial charge in [0.2, 0.25) is 5.91 Å². The average Bonchev–Trinajstić information content (AvgIpc) is 3.19. The Morgan fingerprint density at radius 1 is 1.55 bits per heavy atom. The van der Waals surface area contributed by atoms with E-state index in [0.29, 0.717) is 26.1 Å². The van der Waals surface area contributed by atoms with Crippen molar-refractivity contribution in [1.29, 1.82) is 0 Å². The number of hydrogen-bond acceptors (Lipinski definition) is 3. The van der Waals surface area contributed by atoms with Gasteiger partial charge in [0.25, 0.3) is 0 Å². The van der Waals surface area contributed by atoms with Gasteiger partial charge in [-0.25, -0.2) is 4.39 Å². The number of hydrogen-bond donors (Lipinski definition) is 1. The number of likely N-dealkylation sites (tertiary alicyclic amines) is 1. The van der Waals surface area contributed by atoms with E-state index in [1.807, 2.05) is 25.5 Å². The van der Waals surface area contributed by atoms with Crippen molar-refractivity contribution in [3.63, 3.8) is 0 Å². The molecular weight excluding hydrogens is 283 g/mol. The number of halogens is 1. The molecule has 1 amide bonds. The molecule has 0 bridgehead atoms. The number of alkyl halides is 1. The third kappa shape index (κ3) is 3.55. The van der Waals surface area contributed by atoms with Crippen LogP contribution in [0.2, 0.25) is 0 Å². The zero-order valence-electron chi connectivity index (χ0n) is 13.0. The molecule has 6 heteroatoms. The lowest BCUT2D eigenvalue weighted by atomic mass is 10.2. The highest BCUT2D eigenvalue weighted by molar-refractivity contribution is 5.93.